The first-order valence-electron chi connectivity index (χ1n) is 11.9. The number of hydrogen-bond acceptors (Lipinski definition) is 9. The van der Waals surface area contributed by atoms with Crippen LogP contribution in [0.2, 0.25) is 0 Å². The topological polar surface area (TPSA) is 148 Å². The zero-order chi connectivity index (χ0) is 27.9. The van der Waals surface area contributed by atoms with Crippen LogP contribution < -0.4 is 11.1 Å². The maximum absolute atomic E-state index is 13.2. The van der Waals surface area contributed by atoms with Gasteiger partial charge < -0.3 is 20.0 Å². The van der Waals surface area contributed by atoms with E-state index in [1.807, 2.05) is 19.0 Å². The van der Waals surface area contributed by atoms with Crippen LogP contribution in [0.15, 0.2) is 41.1 Å². The van der Waals surface area contributed by atoms with Crippen molar-refractivity contribution in [1.29, 1.82) is 0 Å². The Balaban J connectivity index is 1.40. The Kier molecular flexibility index (Phi) is 6.68. The molecular formula is C24H24F3N9O3. The molecule has 4 aromatic rings. The number of fused-ring (bicyclic) bond motifs is 2. The Morgan fingerprint density at radius 1 is 1.28 bits per heavy atom. The molecule has 15 heteroatoms. The standard InChI is InChI=1S/C24H24F3N9O3/c1-34(2)8-3-4-17(37)35-9-7-14(11-35)36-21-18(20(28)29-12-30-21)19(33-36)22(38)32-23-31-15-10-13(24(25,26)27)5-6-16(15)39-23/h3-6,10,12,14H,7-9,11H2,1-2H3,(H2,28,29,30)(H,31,32,38)/t14-/m1/s1. The lowest BCUT2D eigenvalue weighted by atomic mass is 10.2. The number of likely N-dealkylation sites (N-methyl/N-ethyl adjacent to an activating group) is 1. The van der Waals surface area contributed by atoms with Crippen LogP contribution in [-0.4, -0.2) is 80.1 Å². The van der Waals surface area contributed by atoms with Crippen molar-refractivity contribution in [3.05, 3.63) is 47.9 Å². The summed E-state index contributed by atoms with van der Waals surface area (Å²) in [5, 5.41) is 7.07. The number of likely N-dealkylation sites (tertiary alicyclic amines) is 1. The SMILES string of the molecule is CN(C)CC=CC(=O)N1CC[C@@H](n2nc(C(=O)Nc3nc4cc(C(F)(F)F)ccc4o3)c3c(N)ncnc32)C1. The maximum atomic E-state index is 13.2. The minimum Gasteiger partial charge on any atom is -0.423 e. The Morgan fingerprint density at radius 2 is 2.08 bits per heavy atom. The van der Waals surface area contributed by atoms with Crippen LogP contribution >= 0.6 is 0 Å². The first-order chi connectivity index (χ1) is 18.5. The third-order valence-electron chi connectivity index (χ3n) is 6.22. The van der Waals surface area contributed by atoms with Crippen molar-refractivity contribution in [3.63, 3.8) is 0 Å². The quantitative estimate of drug-likeness (QED) is 0.350. The lowest BCUT2D eigenvalue weighted by Gasteiger charge is -2.15. The Hall–Kier alpha value is -4.53. The normalized spacial score (nSPS) is 16.3. The second kappa shape index (κ2) is 9.98. The molecule has 1 aliphatic rings. The van der Waals surface area contributed by atoms with Crippen LogP contribution in [0.4, 0.5) is 25.0 Å². The fraction of sp³-hybridized carbons (Fsp3) is 0.333. The van der Waals surface area contributed by atoms with E-state index in [0.29, 0.717) is 31.7 Å². The fourth-order valence-corrected chi connectivity index (χ4v) is 4.33. The molecule has 1 atom stereocenters. The lowest BCUT2D eigenvalue weighted by Crippen LogP contribution is -2.28. The number of rotatable bonds is 6. The fourth-order valence-electron chi connectivity index (χ4n) is 4.33. The van der Waals surface area contributed by atoms with Crippen LogP contribution in [0, 0.1) is 0 Å². The number of benzene rings is 1. The van der Waals surface area contributed by atoms with Crippen molar-refractivity contribution in [2.24, 2.45) is 0 Å². The smallest absolute Gasteiger partial charge is 0.416 e. The summed E-state index contributed by atoms with van der Waals surface area (Å²) in [7, 11) is 3.80. The highest BCUT2D eigenvalue weighted by Crippen LogP contribution is 2.33. The molecule has 0 unspecified atom stereocenters. The van der Waals surface area contributed by atoms with E-state index in [1.54, 1.807) is 15.7 Å². The van der Waals surface area contributed by atoms with Gasteiger partial charge in [0.2, 0.25) is 5.91 Å². The number of nitrogens with zero attached hydrogens (tertiary/aromatic N) is 7. The van der Waals surface area contributed by atoms with E-state index in [-0.39, 0.29) is 46.0 Å². The van der Waals surface area contributed by atoms with Crippen molar-refractivity contribution in [3.8, 4) is 0 Å². The van der Waals surface area contributed by atoms with Gasteiger partial charge in [0.05, 0.1) is 17.0 Å². The van der Waals surface area contributed by atoms with E-state index >= 15 is 0 Å². The second-order valence-electron chi connectivity index (χ2n) is 9.30. The first kappa shape index (κ1) is 26.1. The van der Waals surface area contributed by atoms with E-state index in [1.165, 1.54) is 12.4 Å². The number of aromatic nitrogens is 5. The van der Waals surface area contributed by atoms with Gasteiger partial charge in [0, 0.05) is 25.7 Å². The summed E-state index contributed by atoms with van der Waals surface area (Å²) in [6.07, 6.45) is 0.578. The van der Waals surface area contributed by atoms with Gasteiger partial charge in [-0.15, -0.1) is 0 Å². The number of alkyl halides is 3. The summed E-state index contributed by atoms with van der Waals surface area (Å²) >= 11 is 0. The molecule has 12 nitrogen and oxygen atoms in total. The lowest BCUT2D eigenvalue weighted by molar-refractivity contribution is -0.137. The van der Waals surface area contributed by atoms with Crippen LogP contribution in [0.25, 0.3) is 22.1 Å². The van der Waals surface area contributed by atoms with E-state index in [2.05, 4.69) is 25.4 Å². The predicted octanol–water partition coefficient (Wildman–Crippen LogP) is 2.71. The van der Waals surface area contributed by atoms with E-state index in [0.717, 1.165) is 18.2 Å². The van der Waals surface area contributed by atoms with Gasteiger partial charge in [-0.3, -0.25) is 14.9 Å². The first-order valence-corrected chi connectivity index (χ1v) is 11.9. The van der Waals surface area contributed by atoms with Crippen LogP contribution in [0.3, 0.4) is 0 Å². The van der Waals surface area contributed by atoms with Gasteiger partial charge in [0.1, 0.15) is 17.7 Å². The molecule has 39 heavy (non-hydrogen) atoms. The molecule has 0 spiro atoms. The molecule has 1 aliphatic heterocycles. The van der Waals surface area contributed by atoms with Gasteiger partial charge in [0.15, 0.2) is 16.9 Å². The van der Waals surface area contributed by atoms with Gasteiger partial charge in [-0.1, -0.05) is 6.08 Å². The van der Waals surface area contributed by atoms with Crippen molar-refractivity contribution < 1.29 is 27.2 Å². The number of halogens is 3. The highest BCUT2D eigenvalue weighted by Gasteiger charge is 2.33. The summed E-state index contributed by atoms with van der Waals surface area (Å²) in [6.45, 7) is 1.46. The number of oxazole rings is 1. The number of amides is 2. The second-order valence-corrected chi connectivity index (χ2v) is 9.30. The average Bonchev–Trinajstić information content (AvgIpc) is 3.59. The number of nitrogens with one attached hydrogen (secondary N) is 1. The Labute approximate surface area is 219 Å². The summed E-state index contributed by atoms with van der Waals surface area (Å²) in [5.41, 5.74) is 5.35. The minimum atomic E-state index is -4.55. The molecule has 5 rings (SSSR count). The minimum absolute atomic E-state index is 0.0151. The zero-order valence-electron chi connectivity index (χ0n) is 20.9. The third-order valence-corrected chi connectivity index (χ3v) is 6.22. The summed E-state index contributed by atoms with van der Waals surface area (Å²) in [4.78, 5) is 41.6. The molecule has 204 valence electrons. The van der Waals surface area contributed by atoms with E-state index in [9.17, 15) is 22.8 Å². The zero-order valence-corrected chi connectivity index (χ0v) is 20.9. The van der Waals surface area contributed by atoms with Crippen LogP contribution in [-0.2, 0) is 11.0 Å². The molecule has 0 radical (unpaired) electrons. The van der Waals surface area contributed by atoms with Crippen molar-refractivity contribution in [2.75, 3.05) is 44.8 Å². The third kappa shape index (κ3) is 5.25. The number of carbonyl (C=O) groups excluding carboxylic acids is 2. The van der Waals surface area contributed by atoms with Gasteiger partial charge in [-0.25, -0.2) is 14.6 Å². The van der Waals surface area contributed by atoms with Crippen molar-refractivity contribution in [2.45, 2.75) is 18.6 Å². The van der Waals surface area contributed by atoms with Crippen molar-refractivity contribution in [1.82, 2.24) is 34.5 Å². The molecule has 1 aromatic carbocycles. The number of nitrogens with two attached hydrogens (primary N) is 1. The van der Waals surface area contributed by atoms with Gasteiger partial charge in [0.25, 0.3) is 5.91 Å². The molecule has 4 heterocycles. The molecule has 1 saturated heterocycles. The average molecular weight is 544 g/mol. The number of hydrogen-bond donors (Lipinski definition) is 2. The predicted molar refractivity (Wildman–Crippen MR) is 135 cm³/mol. The monoisotopic (exact) mass is 543 g/mol. The Bertz CT molecular complexity index is 1590. The molecule has 0 saturated carbocycles. The van der Waals surface area contributed by atoms with E-state index < -0.39 is 17.6 Å². The molecule has 0 aliphatic carbocycles. The molecular weight excluding hydrogens is 519 g/mol. The molecule has 3 aromatic heterocycles. The van der Waals surface area contributed by atoms with Gasteiger partial charge in [-0.2, -0.15) is 23.3 Å². The number of anilines is 2. The van der Waals surface area contributed by atoms with Crippen LogP contribution in [0.5, 0.6) is 0 Å². The van der Waals surface area contributed by atoms with Gasteiger partial charge in [-0.05, 0) is 38.7 Å². The molecule has 1 fully saturated rings. The van der Waals surface area contributed by atoms with Gasteiger partial charge >= 0.3 is 12.2 Å². The summed E-state index contributed by atoms with van der Waals surface area (Å²) in [5.74, 6) is -0.880. The Morgan fingerprint density at radius 3 is 2.82 bits per heavy atom. The van der Waals surface area contributed by atoms with Crippen molar-refractivity contribution >= 4 is 45.8 Å². The largest absolute Gasteiger partial charge is 0.423 e. The highest BCUT2D eigenvalue weighted by atomic mass is 19.4. The molecule has 0 bridgehead atoms. The molecule has 2 amide bonds. The summed E-state index contributed by atoms with van der Waals surface area (Å²) in [6, 6.07) is 2.22. The maximum Gasteiger partial charge on any atom is 0.416 e. The number of nitrogen functional groups attached to an aromatic ring is 1. The highest BCUT2D eigenvalue weighted by molar-refractivity contribution is 6.12. The number of carbonyl (C=O) groups is 2. The van der Waals surface area contributed by atoms with Crippen LogP contribution in [0.1, 0.15) is 28.5 Å². The molecule has 3 N–H and O–H groups in total. The van der Waals surface area contributed by atoms with E-state index in [4.69, 9.17) is 10.2 Å². The summed E-state index contributed by atoms with van der Waals surface area (Å²) < 4.78 is 46.0.